The highest BCUT2D eigenvalue weighted by molar-refractivity contribution is 9.10. The molecule has 0 saturated carbocycles. The van der Waals surface area contributed by atoms with E-state index < -0.39 is 0 Å². The molecule has 0 radical (unpaired) electrons. The Morgan fingerprint density at radius 3 is 2.41 bits per heavy atom. The van der Waals surface area contributed by atoms with Gasteiger partial charge in [-0.15, -0.1) is 0 Å². The number of benzene rings is 2. The van der Waals surface area contributed by atoms with E-state index in [4.69, 9.17) is 0 Å². The molecule has 1 N–H and O–H groups in total. The molecule has 0 spiro atoms. The highest BCUT2D eigenvalue weighted by Crippen LogP contribution is 2.20. The van der Waals surface area contributed by atoms with Crippen molar-refractivity contribution in [2.24, 2.45) is 0 Å². The molecule has 2 rings (SSSR count). The highest BCUT2D eigenvalue weighted by Gasteiger charge is 2.02. The SMILES string of the molecule is Cc1cc(Br)ccc1NC(=O)/C=C/c1ccc(C(C)C)cc1. The average molecular weight is 358 g/mol. The van der Waals surface area contributed by atoms with Gasteiger partial charge in [0.15, 0.2) is 0 Å². The van der Waals surface area contributed by atoms with Crippen LogP contribution in [0.5, 0.6) is 0 Å². The molecule has 1 amide bonds. The lowest BCUT2D eigenvalue weighted by molar-refractivity contribution is -0.111. The van der Waals surface area contributed by atoms with Gasteiger partial charge < -0.3 is 5.32 Å². The normalized spacial score (nSPS) is 11.1. The Morgan fingerprint density at radius 2 is 1.82 bits per heavy atom. The van der Waals surface area contributed by atoms with Crippen LogP contribution in [0.4, 0.5) is 5.69 Å². The Labute approximate surface area is 140 Å². The van der Waals surface area contributed by atoms with E-state index in [1.54, 1.807) is 6.08 Å². The van der Waals surface area contributed by atoms with Crippen LogP contribution < -0.4 is 5.32 Å². The van der Waals surface area contributed by atoms with Gasteiger partial charge in [-0.2, -0.15) is 0 Å². The molecule has 114 valence electrons. The zero-order chi connectivity index (χ0) is 16.1. The van der Waals surface area contributed by atoms with Crippen molar-refractivity contribution in [2.75, 3.05) is 5.32 Å². The molecule has 0 aliphatic carbocycles. The fraction of sp³-hybridized carbons (Fsp3) is 0.211. The quantitative estimate of drug-likeness (QED) is 0.715. The topological polar surface area (TPSA) is 29.1 Å². The van der Waals surface area contributed by atoms with Crippen LogP contribution in [-0.2, 0) is 4.79 Å². The van der Waals surface area contributed by atoms with Gasteiger partial charge in [0.2, 0.25) is 5.91 Å². The predicted molar refractivity (Wildman–Crippen MR) is 97.1 cm³/mol. The number of nitrogens with one attached hydrogen (secondary N) is 1. The van der Waals surface area contributed by atoms with Crippen molar-refractivity contribution in [3.63, 3.8) is 0 Å². The lowest BCUT2D eigenvalue weighted by atomic mass is 10.0. The van der Waals surface area contributed by atoms with E-state index in [2.05, 4.69) is 47.2 Å². The number of carbonyl (C=O) groups excluding carboxylic acids is 1. The fourth-order valence-electron chi connectivity index (χ4n) is 2.11. The number of anilines is 1. The molecular formula is C19H20BrNO. The van der Waals surface area contributed by atoms with Gasteiger partial charge in [0.1, 0.15) is 0 Å². The average Bonchev–Trinajstić information content (AvgIpc) is 2.48. The first-order valence-corrected chi connectivity index (χ1v) is 8.10. The Balaban J connectivity index is 2.01. The predicted octanol–water partition coefficient (Wildman–Crippen LogP) is 5.53. The molecule has 0 aromatic heterocycles. The molecule has 0 aliphatic heterocycles. The molecule has 0 atom stereocenters. The van der Waals surface area contributed by atoms with E-state index in [0.29, 0.717) is 5.92 Å². The summed E-state index contributed by atoms with van der Waals surface area (Å²) in [6, 6.07) is 14.0. The maximum absolute atomic E-state index is 12.0. The van der Waals surface area contributed by atoms with Crippen molar-refractivity contribution >= 4 is 33.6 Å². The summed E-state index contributed by atoms with van der Waals surface area (Å²) in [6.45, 7) is 6.30. The van der Waals surface area contributed by atoms with Crippen molar-refractivity contribution in [1.82, 2.24) is 0 Å². The van der Waals surface area contributed by atoms with Crippen molar-refractivity contribution in [1.29, 1.82) is 0 Å². The molecule has 22 heavy (non-hydrogen) atoms. The zero-order valence-electron chi connectivity index (χ0n) is 13.1. The van der Waals surface area contributed by atoms with Gasteiger partial charge in [-0.1, -0.05) is 54.0 Å². The van der Waals surface area contributed by atoms with Gasteiger partial charge in [-0.3, -0.25) is 4.79 Å². The Morgan fingerprint density at radius 1 is 1.14 bits per heavy atom. The smallest absolute Gasteiger partial charge is 0.248 e. The van der Waals surface area contributed by atoms with Gasteiger partial charge in [0.25, 0.3) is 0 Å². The van der Waals surface area contributed by atoms with Crippen LogP contribution in [0.25, 0.3) is 6.08 Å². The Hall–Kier alpha value is -1.87. The number of carbonyl (C=O) groups is 1. The molecule has 0 saturated heterocycles. The standard InChI is InChI=1S/C19H20BrNO/c1-13(2)16-7-4-15(5-8-16)6-11-19(22)21-18-10-9-17(20)12-14(18)3/h4-13H,1-3H3,(H,21,22)/b11-6+. The first-order chi connectivity index (χ1) is 10.5. The minimum Gasteiger partial charge on any atom is -0.322 e. The van der Waals surface area contributed by atoms with Crippen LogP contribution in [0.1, 0.15) is 36.5 Å². The van der Waals surface area contributed by atoms with Gasteiger partial charge >= 0.3 is 0 Å². The molecule has 0 heterocycles. The maximum atomic E-state index is 12.0. The Bertz CT molecular complexity index is 687. The third-order valence-corrected chi connectivity index (χ3v) is 3.97. The molecular weight excluding hydrogens is 338 g/mol. The van der Waals surface area contributed by atoms with E-state index in [1.807, 2.05) is 43.3 Å². The van der Waals surface area contributed by atoms with E-state index in [0.717, 1.165) is 21.3 Å². The Kier molecular flexibility index (Phi) is 5.56. The minimum atomic E-state index is -0.127. The van der Waals surface area contributed by atoms with Crippen LogP contribution in [-0.4, -0.2) is 5.91 Å². The van der Waals surface area contributed by atoms with Gasteiger partial charge in [0.05, 0.1) is 0 Å². The van der Waals surface area contributed by atoms with E-state index in [9.17, 15) is 4.79 Å². The first kappa shape index (κ1) is 16.5. The number of amides is 1. The van der Waals surface area contributed by atoms with Crippen molar-refractivity contribution < 1.29 is 4.79 Å². The van der Waals surface area contributed by atoms with E-state index in [-0.39, 0.29) is 5.91 Å². The monoisotopic (exact) mass is 357 g/mol. The van der Waals surface area contributed by atoms with Crippen molar-refractivity contribution in [3.05, 3.63) is 69.7 Å². The van der Waals surface area contributed by atoms with Crippen molar-refractivity contribution in [3.8, 4) is 0 Å². The summed E-state index contributed by atoms with van der Waals surface area (Å²) in [5.74, 6) is 0.389. The van der Waals surface area contributed by atoms with E-state index in [1.165, 1.54) is 5.56 Å². The van der Waals surface area contributed by atoms with E-state index >= 15 is 0 Å². The lowest BCUT2D eigenvalue weighted by Crippen LogP contribution is -2.08. The number of hydrogen-bond acceptors (Lipinski definition) is 1. The summed E-state index contributed by atoms with van der Waals surface area (Å²) >= 11 is 3.41. The summed E-state index contributed by atoms with van der Waals surface area (Å²) in [5, 5.41) is 2.89. The highest BCUT2D eigenvalue weighted by atomic mass is 79.9. The number of hydrogen-bond donors (Lipinski definition) is 1. The van der Waals surface area contributed by atoms with Crippen LogP contribution in [0.15, 0.2) is 53.0 Å². The van der Waals surface area contributed by atoms with Crippen LogP contribution in [0.3, 0.4) is 0 Å². The number of aryl methyl sites for hydroxylation is 1. The maximum Gasteiger partial charge on any atom is 0.248 e. The fourth-order valence-corrected chi connectivity index (χ4v) is 2.58. The molecule has 0 fully saturated rings. The lowest BCUT2D eigenvalue weighted by Gasteiger charge is -2.07. The molecule has 3 heteroatoms. The van der Waals surface area contributed by atoms with Gasteiger partial charge in [-0.05, 0) is 53.8 Å². The van der Waals surface area contributed by atoms with Crippen molar-refractivity contribution in [2.45, 2.75) is 26.7 Å². The summed E-state index contributed by atoms with van der Waals surface area (Å²) in [6.07, 6.45) is 3.39. The third-order valence-electron chi connectivity index (χ3n) is 3.48. The molecule has 0 bridgehead atoms. The second kappa shape index (κ2) is 7.41. The molecule has 2 nitrogen and oxygen atoms in total. The van der Waals surface area contributed by atoms with Crippen LogP contribution in [0.2, 0.25) is 0 Å². The zero-order valence-corrected chi connectivity index (χ0v) is 14.6. The van der Waals surface area contributed by atoms with Gasteiger partial charge in [0, 0.05) is 16.2 Å². The second-order valence-electron chi connectivity index (χ2n) is 5.60. The van der Waals surface area contributed by atoms with Crippen LogP contribution >= 0.6 is 15.9 Å². The summed E-state index contributed by atoms with van der Waals surface area (Å²) in [4.78, 5) is 12.0. The van der Waals surface area contributed by atoms with Gasteiger partial charge in [-0.25, -0.2) is 0 Å². The summed E-state index contributed by atoms with van der Waals surface area (Å²) < 4.78 is 1.00. The first-order valence-electron chi connectivity index (χ1n) is 7.31. The van der Waals surface area contributed by atoms with Crippen LogP contribution in [0, 0.1) is 6.92 Å². The number of halogens is 1. The number of rotatable bonds is 4. The molecule has 2 aromatic rings. The molecule has 2 aromatic carbocycles. The largest absolute Gasteiger partial charge is 0.322 e. The second-order valence-corrected chi connectivity index (χ2v) is 6.52. The minimum absolute atomic E-state index is 0.127. The summed E-state index contributed by atoms with van der Waals surface area (Å²) in [5.41, 5.74) is 4.17. The molecule has 0 aliphatic rings. The summed E-state index contributed by atoms with van der Waals surface area (Å²) in [7, 11) is 0. The molecule has 0 unspecified atom stereocenters. The third kappa shape index (κ3) is 4.57.